The molecule has 9 heteroatoms. The highest BCUT2D eigenvalue weighted by atomic mass is 35.5. The molecule has 4 aromatic rings. The first-order chi connectivity index (χ1) is 18.3. The monoisotopic (exact) mass is 550 g/mol. The molecule has 4 aromatic carbocycles. The van der Waals surface area contributed by atoms with Gasteiger partial charge in [0.05, 0.1) is 17.2 Å². The van der Waals surface area contributed by atoms with Gasteiger partial charge in [-0.25, -0.2) is 8.42 Å². The summed E-state index contributed by atoms with van der Waals surface area (Å²) in [5.41, 5.74) is 1.10. The molecule has 196 valence electrons. The SMILES string of the molecule is CCOc1ccc(S(=O)(=O)NC(Cc2ccccc2)C(=O)Nc2cc(Cl)ccc2Oc2ccccc2)cc1. The summed E-state index contributed by atoms with van der Waals surface area (Å²) < 4.78 is 40.4. The number of benzene rings is 4. The average molecular weight is 551 g/mol. The number of rotatable bonds is 11. The van der Waals surface area contributed by atoms with Crippen LogP contribution in [0.2, 0.25) is 5.02 Å². The molecule has 0 saturated carbocycles. The zero-order valence-electron chi connectivity index (χ0n) is 20.6. The summed E-state index contributed by atoms with van der Waals surface area (Å²) in [5.74, 6) is 0.921. The van der Waals surface area contributed by atoms with E-state index in [1.54, 1.807) is 42.5 Å². The third-order valence-electron chi connectivity index (χ3n) is 5.51. The molecule has 1 amide bonds. The first kappa shape index (κ1) is 27.2. The second-order valence-electron chi connectivity index (χ2n) is 8.31. The Morgan fingerprint density at radius 1 is 0.868 bits per heavy atom. The predicted octanol–water partition coefficient (Wildman–Crippen LogP) is 6.06. The Bertz CT molecular complexity index is 1460. The fourth-order valence-corrected chi connectivity index (χ4v) is 5.07. The molecule has 0 fully saturated rings. The van der Waals surface area contributed by atoms with Gasteiger partial charge in [-0.2, -0.15) is 4.72 Å². The van der Waals surface area contributed by atoms with Gasteiger partial charge in [0, 0.05) is 5.02 Å². The number of para-hydroxylation sites is 1. The van der Waals surface area contributed by atoms with Crippen LogP contribution in [0.25, 0.3) is 0 Å². The highest BCUT2D eigenvalue weighted by Crippen LogP contribution is 2.32. The van der Waals surface area contributed by atoms with Crippen molar-refractivity contribution < 1.29 is 22.7 Å². The number of nitrogens with one attached hydrogen (secondary N) is 2. The predicted molar refractivity (Wildman–Crippen MR) is 148 cm³/mol. The molecule has 0 radical (unpaired) electrons. The summed E-state index contributed by atoms with van der Waals surface area (Å²) in [5, 5.41) is 3.18. The van der Waals surface area contributed by atoms with Crippen LogP contribution < -0.4 is 19.5 Å². The molecule has 7 nitrogen and oxygen atoms in total. The first-order valence-corrected chi connectivity index (χ1v) is 13.8. The van der Waals surface area contributed by atoms with Crippen molar-refractivity contribution in [2.24, 2.45) is 0 Å². The van der Waals surface area contributed by atoms with E-state index < -0.39 is 22.0 Å². The van der Waals surface area contributed by atoms with Crippen LogP contribution in [0.1, 0.15) is 12.5 Å². The Balaban J connectivity index is 1.60. The van der Waals surface area contributed by atoms with E-state index in [9.17, 15) is 13.2 Å². The maximum atomic E-state index is 13.5. The van der Waals surface area contributed by atoms with Crippen molar-refractivity contribution in [3.05, 3.63) is 114 Å². The fraction of sp³-hybridized carbons (Fsp3) is 0.138. The topological polar surface area (TPSA) is 93.7 Å². The van der Waals surface area contributed by atoms with Gasteiger partial charge in [0.1, 0.15) is 17.5 Å². The van der Waals surface area contributed by atoms with Gasteiger partial charge >= 0.3 is 0 Å². The Morgan fingerprint density at radius 3 is 2.18 bits per heavy atom. The van der Waals surface area contributed by atoms with Crippen LogP contribution in [-0.2, 0) is 21.2 Å². The number of hydrogen-bond donors (Lipinski definition) is 2. The van der Waals surface area contributed by atoms with E-state index in [0.29, 0.717) is 34.6 Å². The third-order valence-corrected chi connectivity index (χ3v) is 7.23. The van der Waals surface area contributed by atoms with E-state index in [1.807, 2.05) is 55.5 Å². The van der Waals surface area contributed by atoms with Crippen LogP contribution >= 0.6 is 11.6 Å². The van der Waals surface area contributed by atoms with Crippen LogP contribution in [-0.4, -0.2) is 27.0 Å². The zero-order chi connectivity index (χ0) is 27.0. The molecule has 1 unspecified atom stereocenters. The summed E-state index contributed by atoms with van der Waals surface area (Å²) >= 11 is 6.21. The lowest BCUT2D eigenvalue weighted by Gasteiger charge is -2.20. The van der Waals surface area contributed by atoms with Crippen molar-refractivity contribution in [1.29, 1.82) is 0 Å². The molecule has 0 bridgehead atoms. The molecular weight excluding hydrogens is 524 g/mol. The number of hydrogen-bond acceptors (Lipinski definition) is 5. The minimum atomic E-state index is -4.04. The molecule has 1 atom stereocenters. The molecular formula is C29H27ClN2O5S. The summed E-state index contributed by atoms with van der Waals surface area (Å²) in [7, 11) is -4.04. The van der Waals surface area contributed by atoms with E-state index in [-0.39, 0.29) is 11.3 Å². The van der Waals surface area contributed by atoms with E-state index in [2.05, 4.69) is 10.0 Å². The number of carbonyl (C=O) groups excluding carboxylic acids is 1. The third kappa shape index (κ3) is 7.35. The zero-order valence-corrected chi connectivity index (χ0v) is 22.2. The normalized spacial score (nSPS) is 11.9. The number of ether oxygens (including phenoxy) is 2. The van der Waals surface area contributed by atoms with Crippen LogP contribution in [0, 0.1) is 0 Å². The van der Waals surface area contributed by atoms with Crippen LogP contribution in [0.5, 0.6) is 17.2 Å². The van der Waals surface area contributed by atoms with E-state index in [4.69, 9.17) is 21.1 Å². The van der Waals surface area contributed by atoms with Gasteiger partial charge in [0.2, 0.25) is 15.9 Å². The van der Waals surface area contributed by atoms with E-state index in [1.165, 1.54) is 12.1 Å². The number of anilines is 1. The van der Waals surface area contributed by atoms with Gasteiger partial charge in [0.25, 0.3) is 0 Å². The molecule has 4 rings (SSSR count). The summed E-state index contributed by atoms with van der Waals surface area (Å²) in [6.07, 6.45) is 0.123. The second-order valence-corrected chi connectivity index (χ2v) is 10.5. The van der Waals surface area contributed by atoms with Crippen molar-refractivity contribution in [2.75, 3.05) is 11.9 Å². The molecule has 0 aromatic heterocycles. The molecule has 0 aliphatic heterocycles. The molecule has 0 aliphatic rings. The number of carbonyl (C=O) groups is 1. The second kappa shape index (κ2) is 12.6. The average Bonchev–Trinajstić information content (AvgIpc) is 2.91. The minimum absolute atomic E-state index is 0.0164. The van der Waals surface area contributed by atoms with Crippen molar-refractivity contribution in [1.82, 2.24) is 4.72 Å². The molecule has 0 saturated heterocycles. The number of sulfonamides is 1. The van der Waals surface area contributed by atoms with Gasteiger partial charge in [0.15, 0.2) is 5.75 Å². The van der Waals surface area contributed by atoms with Crippen LogP contribution in [0.3, 0.4) is 0 Å². The first-order valence-electron chi connectivity index (χ1n) is 12.0. The lowest BCUT2D eigenvalue weighted by atomic mass is 10.1. The molecule has 0 spiro atoms. The van der Waals surface area contributed by atoms with Gasteiger partial charge < -0.3 is 14.8 Å². The van der Waals surface area contributed by atoms with Gasteiger partial charge in [-0.1, -0.05) is 60.1 Å². The maximum Gasteiger partial charge on any atom is 0.243 e. The van der Waals surface area contributed by atoms with Crippen molar-refractivity contribution >= 4 is 33.2 Å². The lowest BCUT2D eigenvalue weighted by molar-refractivity contribution is -0.117. The largest absolute Gasteiger partial charge is 0.494 e. The van der Waals surface area contributed by atoms with Gasteiger partial charge in [-0.3, -0.25) is 4.79 Å². The Hall–Kier alpha value is -3.85. The van der Waals surface area contributed by atoms with Crippen LogP contribution in [0.4, 0.5) is 5.69 Å². The van der Waals surface area contributed by atoms with Gasteiger partial charge in [-0.05, 0) is 73.5 Å². The highest BCUT2D eigenvalue weighted by Gasteiger charge is 2.27. The summed E-state index contributed by atoms with van der Waals surface area (Å²) in [4.78, 5) is 13.5. The minimum Gasteiger partial charge on any atom is -0.494 e. The smallest absolute Gasteiger partial charge is 0.243 e. The molecule has 0 aliphatic carbocycles. The van der Waals surface area contributed by atoms with Crippen molar-refractivity contribution in [3.63, 3.8) is 0 Å². The quantitative estimate of drug-likeness (QED) is 0.237. The van der Waals surface area contributed by atoms with Crippen molar-refractivity contribution in [2.45, 2.75) is 24.3 Å². The number of halogens is 1. The van der Waals surface area contributed by atoms with Crippen molar-refractivity contribution in [3.8, 4) is 17.2 Å². The Labute approximate surface area is 227 Å². The summed E-state index contributed by atoms with van der Waals surface area (Å²) in [6, 6.07) is 28.0. The molecule has 0 heterocycles. The molecule has 2 N–H and O–H groups in total. The van der Waals surface area contributed by atoms with E-state index in [0.717, 1.165) is 5.56 Å². The Kier molecular flexibility index (Phi) is 9.02. The fourth-order valence-electron chi connectivity index (χ4n) is 3.70. The van der Waals surface area contributed by atoms with Gasteiger partial charge in [-0.15, -0.1) is 0 Å². The molecule has 38 heavy (non-hydrogen) atoms. The lowest BCUT2D eigenvalue weighted by Crippen LogP contribution is -2.45. The number of amides is 1. The Morgan fingerprint density at radius 2 is 1.53 bits per heavy atom. The summed E-state index contributed by atoms with van der Waals surface area (Å²) in [6.45, 7) is 2.30. The maximum absolute atomic E-state index is 13.5. The highest BCUT2D eigenvalue weighted by molar-refractivity contribution is 7.89. The van der Waals surface area contributed by atoms with E-state index >= 15 is 0 Å². The van der Waals surface area contributed by atoms with Crippen LogP contribution in [0.15, 0.2) is 108 Å². The standard InChI is InChI=1S/C29H27ClN2O5S/c1-2-36-23-14-16-25(17-15-23)38(34,35)32-27(19-21-9-5-3-6-10-21)29(33)31-26-20-22(30)13-18-28(26)37-24-11-7-4-8-12-24/h3-18,20,27,32H,2,19H2,1H3,(H,31,33).